The predicted octanol–water partition coefficient (Wildman–Crippen LogP) is 1.90. The molecule has 140 valence electrons. The summed E-state index contributed by atoms with van der Waals surface area (Å²) in [5.41, 5.74) is 0.453. The Kier molecular flexibility index (Phi) is 4.19. The van der Waals surface area contributed by atoms with Gasteiger partial charge in [-0.2, -0.15) is 0 Å². The lowest BCUT2D eigenvalue weighted by molar-refractivity contribution is -0.139. The molecule has 1 aromatic carbocycles. The molecule has 0 unspecified atom stereocenters. The van der Waals surface area contributed by atoms with Gasteiger partial charge in [0.25, 0.3) is 0 Å². The Balaban J connectivity index is 1.79. The first-order chi connectivity index (χ1) is 12.9. The molecule has 2 atom stereocenters. The Hall–Kier alpha value is -2.80. The van der Waals surface area contributed by atoms with Crippen molar-refractivity contribution in [3.05, 3.63) is 53.6 Å². The van der Waals surface area contributed by atoms with Crippen LogP contribution < -0.4 is 4.74 Å². The van der Waals surface area contributed by atoms with Gasteiger partial charge in [0.2, 0.25) is 11.7 Å². The first kappa shape index (κ1) is 17.6. The number of fused-ring (bicyclic) bond motifs is 1. The summed E-state index contributed by atoms with van der Waals surface area (Å²) in [6.07, 6.45) is 4.71. The van der Waals surface area contributed by atoms with E-state index in [0.717, 1.165) is 6.42 Å². The molecule has 1 N–H and O–H groups in total. The van der Waals surface area contributed by atoms with Crippen molar-refractivity contribution in [3.63, 3.8) is 0 Å². The fraction of sp³-hybridized carbons (Fsp3) is 0.400. The summed E-state index contributed by atoms with van der Waals surface area (Å²) in [5.74, 6) is 0.316. The molecule has 7 nitrogen and oxygen atoms in total. The Morgan fingerprint density at radius 1 is 1.33 bits per heavy atom. The molecule has 1 fully saturated rings. The second-order valence-corrected chi connectivity index (χ2v) is 7.46. The number of ketones is 1. The number of amides is 1. The molecule has 0 aliphatic carbocycles. The molecular formula is C20H21N3O4. The number of benzene rings is 1. The first-order valence-corrected chi connectivity index (χ1v) is 9.00. The number of hydrogen-bond acceptors (Lipinski definition) is 6. The largest absolute Gasteiger partial charge is 0.485 e. The Morgan fingerprint density at radius 3 is 2.81 bits per heavy atom. The normalized spacial score (nSPS) is 23.7. The third-order valence-electron chi connectivity index (χ3n) is 5.22. The van der Waals surface area contributed by atoms with Gasteiger partial charge in [-0.1, -0.05) is 0 Å². The zero-order valence-corrected chi connectivity index (χ0v) is 15.3. The molecule has 0 spiro atoms. The average Bonchev–Trinajstić information content (AvgIpc) is 3.08. The van der Waals surface area contributed by atoms with Crippen molar-refractivity contribution in [2.75, 3.05) is 6.54 Å². The highest BCUT2D eigenvalue weighted by molar-refractivity contribution is 6.07. The maximum absolute atomic E-state index is 12.7. The summed E-state index contributed by atoms with van der Waals surface area (Å²) >= 11 is 0. The van der Waals surface area contributed by atoms with Gasteiger partial charge in [0, 0.05) is 36.5 Å². The molecule has 0 radical (unpaired) electrons. The van der Waals surface area contributed by atoms with Crippen molar-refractivity contribution in [1.82, 2.24) is 14.9 Å². The zero-order valence-electron chi connectivity index (χ0n) is 15.3. The van der Waals surface area contributed by atoms with E-state index in [0.29, 0.717) is 29.8 Å². The number of nitrogens with zero attached hydrogens (tertiary/aromatic N) is 3. The second kappa shape index (κ2) is 6.42. The number of rotatable bonds is 3. The molecule has 7 heteroatoms. The van der Waals surface area contributed by atoms with Crippen LogP contribution in [0.25, 0.3) is 0 Å². The minimum atomic E-state index is -0.908. The fourth-order valence-electron chi connectivity index (χ4n) is 3.77. The minimum absolute atomic E-state index is 0.00774. The molecule has 2 aliphatic heterocycles. The Morgan fingerprint density at radius 2 is 2.15 bits per heavy atom. The van der Waals surface area contributed by atoms with Crippen molar-refractivity contribution < 1.29 is 19.4 Å². The zero-order chi connectivity index (χ0) is 19.2. The van der Waals surface area contributed by atoms with Gasteiger partial charge in [0.1, 0.15) is 23.1 Å². The van der Waals surface area contributed by atoms with E-state index in [-0.39, 0.29) is 17.4 Å². The van der Waals surface area contributed by atoms with Crippen LogP contribution in [0.15, 0.2) is 36.8 Å². The average molecular weight is 367 g/mol. The molecule has 3 heterocycles. The van der Waals surface area contributed by atoms with Crippen LogP contribution in [-0.2, 0) is 4.79 Å². The van der Waals surface area contributed by atoms with Gasteiger partial charge < -0.3 is 14.7 Å². The van der Waals surface area contributed by atoms with Crippen molar-refractivity contribution in [3.8, 4) is 5.75 Å². The number of aliphatic hydroxyl groups is 1. The topological polar surface area (TPSA) is 92.6 Å². The van der Waals surface area contributed by atoms with Gasteiger partial charge in [0.05, 0.1) is 12.2 Å². The van der Waals surface area contributed by atoms with E-state index in [4.69, 9.17) is 4.74 Å². The third-order valence-corrected chi connectivity index (χ3v) is 5.22. The highest BCUT2D eigenvalue weighted by atomic mass is 16.5. The van der Waals surface area contributed by atoms with Crippen LogP contribution >= 0.6 is 0 Å². The van der Waals surface area contributed by atoms with Crippen molar-refractivity contribution >= 4 is 11.7 Å². The quantitative estimate of drug-likeness (QED) is 0.833. The van der Waals surface area contributed by atoms with Crippen LogP contribution in [0.4, 0.5) is 0 Å². The minimum Gasteiger partial charge on any atom is -0.485 e. The second-order valence-electron chi connectivity index (χ2n) is 7.46. The maximum atomic E-state index is 12.7. The van der Waals surface area contributed by atoms with Gasteiger partial charge in [0.15, 0.2) is 0 Å². The van der Waals surface area contributed by atoms with Gasteiger partial charge in [-0.25, -0.2) is 4.98 Å². The molecule has 1 amide bonds. The molecule has 27 heavy (non-hydrogen) atoms. The Bertz CT molecular complexity index is 897. The smallest absolute Gasteiger partial charge is 0.223 e. The van der Waals surface area contributed by atoms with Gasteiger partial charge >= 0.3 is 0 Å². The van der Waals surface area contributed by atoms with Crippen LogP contribution in [0, 0.1) is 0 Å². The summed E-state index contributed by atoms with van der Waals surface area (Å²) in [7, 11) is 0. The number of aliphatic hydroxyl groups excluding tert-OH is 1. The lowest BCUT2D eigenvalue weighted by Crippen LogP contribution is -2.53. The van der Waals surface area contributed by atoms with Crippen LogP contribution in [0.3, 0.4) is 0 Å². The first-order valence-electron chi connectivity index (χ1n) is 9.00. The molecular weight excluding hydrogens is 346 g/mol. The Labute approximate surface area is 157 Å². The van der Waals surface area contributed by atoms with Crippen molar-refractivity contribution in [2.24, 2.45) is 0 Å². The van der Waals surface area contributed by atoms with Crippen LogP contribution in [0.5, 0.6) is 5.75 Å². The van der Waals surface area contributed by atoms with Crippen LogP contribution in [-0.4, -0.2) is 49.9 Å². The summed E-state index contributed by atoms with van der Waals surface area (Å²) in [6, 6.07) is 4.54. The molecule has 1 aromatic heterocycles. The standard InChI is InChI=1S/C20H21N3O4/c1-20(2)19(26)17(23-9-3-4-16(23)24)13-10-12(5-6-15(13)27-20)18(25)14-11-21-7-8-22-14/h5-8,10-11,17,19,26H,3-4,9H2,1-2H3/t17-,19+/m0/s1. The number of ether oxygens (including phenoxy) is 1. The highest BCUT2D eigenvalue weighted by Crippen LogP contribution is 2.44. The van der Waals surface area contributed by atoms with Gasteiger partial charge in [-0.05, 0) is 38.5 Å². The number of hydrogen-bond donors (Lipinski definition) is 1. The lowest BCUT2D eigenvalue weighted by Gasteiger charge is -2.45. The van der Waals surface area contributed by atoms with E-state index >= 15 is 0 Å². The van der Waals surface area contributed by atoms with E-state index in [1.54, 1.807) is 36.9 Å². The molecule has 1 saturated heterocycles. The summed E-state index contributed by atoms with van der Waals surface area (Å²) in [6.45, 7) is 4.18. The molecule has 0 saturated carbocycles. The van der Waals surface area contributed by atoms with Crippen molar-refractivity contribution in [2.45, 2.75) is 44.4 Å². The summed E-state index contributed by atoms with van der Waals surface area (Å²) in [4.78, 5) is 34.8. The van der Waals surface area contributed by atoms with E-state index in [2.05, 4.69) is 9.97 Å². The van der Waals surface area contributed by atoms with E-state index in [1.165, 1.54) is 18.6 Å². The van der Waals surface area contributed by atoms with Gasteiger partial charge in [-0.3, -0.25) is 14.6 Å². The monoisotopic (exact) mass is 367 g/mol. The van der Waals surface area contributed by atoms with Crippen LogP contribution in [0.1, 0.15) is 54.3 Å². The molecule has 2 aromatic rings. The molecule has 4 rings (SSSR count). The predicted molar refractivity (Wildman–Crippen MR) is 96.3 cm³/mol. The highest BCUT2D eigenvalue weighted by Gasteiger charge is 2.47. The van der Waals surface area contributed by atoms with E-state index < -0.39 is 17.7 Å². The third kappa shape index (κ3) is 2.98. The lowest BCUT2D eigenvalue weighted by atomic mass is 9.84. The van der Waals surface area contributed by atoms with Crippen LogP contribution in [0.2, 0.25) is 0 Å². The number of aromatic nitrogens is 2. The number of carbonyl (C=O) groups excluding carboxylic acids is 2. The number of carbonyl (C=O) groups is 2. The SMILES string of the molecule is CC1(C)Oc2ccc(C(=O)c3cnccn3)cc2[C@H](N2CCCC2=O)[C@H]1O. The number of likely N-dealkylation sites (tertiary alicyclic amines) is 1. The van der Waals surface area contributed by atoms with E-state index in [1.807, 2.05) is 0 Å². The maximum Gasteiger partial charge on any atom is 0.223 e. The van der Waals surface area contributed by atoms with Gasteiger partial charge in [-0.15, -0.1) is 0 Å². The molecule has 0 bridgehead atoms. The summed E-state index contributed by atoms with van der Waals surface area (Å²) in [5, 5.41) is 10.9. The van der Waals surface area contributed by atoms with Crippen molar-refractivity contribution in [1.29, 1.82) is 0 Å². The summed E-state index contributed by atoms with van der Waals surface area (Å²) < 4.78 is 5.97. The van der Waals surface area contributed by atoms with E-state index in [9.17, 15) is 14.7 Å². The fourth-order valence-corrected chi connectivity index (χ4v) is 3.77. The molecule has 2 aliphatic rings.